The molecule has 3 heteroatoms. The molecule has 2 nitrogen and oxygen atoms in total. The molecule has 0 radical (unpaired) electrons. The zero-order valence-corrected chi connectivity index (χ0v) is 6.71. The molecule has 0 fully saturated rings. The van der Waals surface area contributed by atoms with Gasteiger partial charge in [-0.1, -0.05) is 23.7 Å². The van der Waals surface area contributed by atoms with Gasteiger partial charge in [-0.05, 0) is 12.1 Å². The van der Waals surface area contributed by atoms with Gasteiger partial charge >= 0.3 is 0 Å². The second kappa shape index (κ2) is 4.21. The van der Waals surface area contributed by atoms with Crippen molar-refractivity contribution in [2.24, 2.45) is 0 Å². The molecule has 0 saturated heterocycles. The minimum absolute atomic E-state index is 0.00518. The Morgan fingerprint density at radius 3 is 2.73 bits per heavy atom. The van der Waals surface area contributed by atoms with Gasteiger partial charge in [0.05, 0.1) is 11.6 Å². The second-order valence-electron chi connectivity index (χ2n) is 2.00. The van der Waals surface area contributed by atoms with Crippen LogP contribution in [0.4, 0.5) is 0 Å². The van der Waals surface area contributed by atoms with Crippen LogP contribution in [-0.2, 0) is 0 Å². The molecule has 0 saturated carbocycles. The third-order valence-electron chi connectivity index (χ3n) is 1.19. The van der Waals surface area contributed by atoms with Crippen LogP contribution in [0.15, 0.2) is 24.3 Å². The third kappa shape index (κ3) is 2.41. The van der Waals surface area contributed by atoms with E-state index in [1.807, 2.05) is 12.1 Å². The van der Waals surface area contributed by atoms with E-state index in [2.05, 4.69) is 0 Å². The average molecular weight is 173 g/mol. The smallest absolute Gasteiger partial charge is 0.138 e. The molecule has 1 N–H and O–H groups in total. The molecular weight excluding hydrogens is 164 g/mol. The van der Waals surface area contributed by atoms with Crippen LogP contribution < -0.4 is 4.74 Å². The Bertz CT molecular complexity index is 225. The summed E-state index contributed by atoms with van der Waals surface area (Å²) in [4.78, 5) is 0. The Morgan fingerprint density at radius 2 is 2.09 bits per heavy atom. The molecule has 0 spiro atoms. The summed E-state index contributed by atoms with van der Waals surface area (Å²) in [6.45, 7) is 0.287. The maximum Gasteiger partial charge on any atom is 0.138 e. The van der Waals surface area contributed by atoms with E-state index in [-0.39, 0.29) is 13.2 Å². The molecule has 0 atom stereocenters. The fraction of sp³-hybridized carbons (Fsp3) is 0.250. The first kappa shape index (κ1) is 8.37. The number of hydrogen-bond acceptors (Lipinski definition) is 2. The van der Waals surface area contributed by atoms with Crippen molar-refractivity contribution < 1.29 is 9.84 Å². The molecule has 1 rings (SSSR count). The van der Waals surface area contributed by atoms with Crippen LogP contribution in [0.5, 0.6) is 5.75 Å². The SMILES string of the molecule is OCCOc1ccccc1Cl. The van der Waals surface area contributed by atoms with E-state index in [0.29, 0.717) is 10.8 Å². The quantitative estimate of drug-likeness (QED) is 0.752. The van der Waals surface area contributed by atoms with Crippen molar-refractivity contribution in [3.63, 3.8) is 0 Å². The molecule has 1 aromatic carbocycles. The van der Waals surface area contributed by atoms with E-state index in [0.717, 1.165) is 0 Å². The summed E-state index contributed by atoms with van der Waals surface area (Å²) in [5, 5.41) is 9.02. The topological polar surface area (TPSA) is 29.5 Å². The monoisotopic (exact) mass is 172 g/mol. The third-order valence-corrected chi connectivity index (χ3v) is 1.50. The molecule has 0 aliphatic carbocycles. The van der Waals surface area contributed by atoms with Gasteiger partial charge in [-0.2, -0.15) is 0 Å². The summed E-state index contributed by atoms with van der Waals surface area (Å²) in [5.41, 5.74) is 0. The van der Waals surface area contributed by atoms with E-state index in [1.54, 1.807) is 12.1 Å². The zero-order chi connectivity index (χ0) is 8.10. The molecule has 0 heterocycles. The number of benzene rings is 1. The van der Waals surface area contributed by atoms with E-state index in [4.69, 9.17) is 21.4 Å². The molecular formula is C8H9ClO2. The molecule has 0 aliphatic rings. The molecule has 0 aliphatic heterocycles. The molecule has 11 heavy (non-hydrogen) atoms. The number of rotatable bonds is 3. The lowest BCUT2D eigenvalue weighted by Gasteiger charge is -2.04. The molecule has 0 bridgehead atoms. The minimum atomic E-state index is 0.00518. The molecule has 0 unspecified atom stereocenters. The van der Waals surface area contributed by atoms with Crippen LogP contribution in [0.25, 0.3) is 0 Å². The van der Waals surface area contributed by atoms with E-state index in [1.165, 1.54) is 0 Å². The van der Waals surface area contributed by atoms with Gasteiger partial charge in [0, 0.05) is 0 Å². The highest BCUT2D eigenvalue weighted by Crippen LogP contribution is 2.22. The zero-order valence-electron chi connectivity index (χ0n) is 5.96. The number of aliphatic hydroxyl groups excluding tert-OH is 1. The Kier molecular flexibility index (Phi) is 3.20. The largest absolute Gasteiger partial charge is 0.490 e. The summed E-state index contributed by atoms with van der Waals surface area (Å²) < 4.78 is 5.10. The van der Waals surface area contributed by atoms with Crippen molar-refractivity contribution in [2.45, 2.75) is 0 Å². The van der Waals surface area contributed by atoms with Crippen molar-refractivity contribution >= 4 is 11.6 Å². The van der Waals surface area contributed by atoms with Gasteiger partial charge in [-0.15, -0.1) is 0 Å². The molecule has 60 valence electrons. The van der Waals surface area contributed by atoms with E-state index in [9.17, 15) is 0 Å². The number of halogens is 1. The van der Waals surface area contributed by atoms with Gasteiger partial charge in [0.25, 0.3) is 0 Å². The van der Waals surface area contributed by atoms with Crippen molar-refractivity contribution in [1.82, 2.24) is 0 Å². The van der Waals surface area contributed by atoms with Crippen LogP contribution >= 0.6 is 11.6 Å². The predicted molar refractivity (Wildman–Crippen MR) is 44.0 cm³/mol. The van der Waals surface area contributed by atoms with Gasteiger partial charge in [0.1, 0.15) is 12.4 Å². The Labute approximate surface area is 70.4 Å². The Morgan fingerprint density at radius 1 is 1.36 bits per heavy atom. The lowest BCUT2D eigenvalue weighted by atomic mass is 10.3. The Balaban J connectivity index is 2.62. The second-order valence-corrected chi connectivity index (χ2v) is 2.41. The highest BCUT2D eigenvalue weighted by Gasteiger charge is 1.96. The molecule has 1 aromatic rings. The minimum Gasteiger partial charge on any atom is -0.490 e. The van der Waals surface area contributed by atoms with E-state index >= 15 is 0 Å². The first-order valence-corrected chi connectivity index (χ1v) is 3.70. The van der Waals surface area contributed by atoms with Crippen molar-refractivity contribution in [1.29, 1.82) is 0 Å². The first-order chi connectivity index (χ1) is 5.34. The lowest BCUT2D eigenvalue weighted by Crippen LogP contribution is -2.01. The molecule has 0 amide bonds. The van der Waals surface area contributed by atoms with Crippen LogP contribution in [-0.4, -0.2) is 18.3 Å². The van der Waals surface area contributed by atoms with Gasteiger partial charge in [-0.3, -0.25) is 0 Å². The van der Waals surface area contributed by atoms with E-state index < -0.39 is 0 Å². The van der Waals surface area contributed by atoms with Crippen LogP contribution in [0, 0.1) is 0 Å². The average Bonchev–Trinajstić information content (AvgIpc) is 2.03. The summed E-state index contributed by atoms with van der Waals surface area (Å²) in [7, 11) is 0. The number of hydrogen-bond donors (Lipinski definition) is 1. The summed E-state index contributed by atoms with van der Waals surface area (Å²) in [6.07, 6.45) is 0. The number of para-hydroxylation sites is 1. The van der Waals surface area contributed by atoms with Crippen molar-refractivity contribution in [3.05, 3.63) is 29.3 Å². The standard InChI is InChI=1S/C8H9ClO2/c9-7-3-1-2-4-8(7)11-6-5-10/h1-4,10H,5-6H2. The van der Waals surface area contributed by atoms with Crippen molar-refractivity contribution in [2.75, 3.05) is 13.2 Å². The highest BCUT2D eigenvalue weighted by atomic mass is 35.5. The Hall–Kier alpha value is -0.730. The highest BCUT2D eigenvalue weighted by molar-refractivity contribution is 6.32. The van der Waals surface area contributed by atoms with Gasteiger partial charge in [0.2, 0.25) is 0 Å². The predicted octanol–water partition coefficient (Wildman–Crippen LogP) is 1.71. The first-order valence-electron chi connectivity index (χ1n) is 3.33. The molecule has 0 aromatic heterocycles. The van der Waals surface area contributed by atoms with Crippen LogP contribution in [0.3, 0.4) is 0 Å². The lowest BCUT2D eigenvalue weighted by molar-refractivity contribution is 0.201. The number of ether oxygens (including phenoxy) is 1. The maximum absolute atomic E-state index is 8.45. The van der Waals surface area contributed by atoms with Crippen LogP contribution in [0.1, 0.15) is 0 Å². The number of aliphatic hydroxyl groups is 1. The van der Waals surface area contributed by atoms with Gasteiger partial charge < -0.3 is 9.84 Å². The van der Waals surface area contributed by atoms with Gasteiger partial charge in [0.15, 0.2) is 0 Å². The summed E-state index contributed by atoms with van der Waals surface area (Å²) >= 11 is 5.75. The summed E-state index contributed by atoms with van der Waals surface area (Å²) in [5.74, 6) is 0.614. The normalized spacial score (nSPS) is 9.64. The summed E-state index contributed by atoms with van der Waals surface area (Å²) in [6, 6.07) is 7.17. The van der Waals surface area contributed by atoms with Crippen molar-refractivity contribution in [3.8, 4) is 5.75 Å². The fourth-order valence-corrected chi connectivity index (χ4v) is 0.908. The maximum atomic E-state index is 8.45. The van der Waals surface area contributed by atoms with Crippen LogP contribution in [0.2, 0.25) is 5.02 Å². The van der Waals surface area contributed by atoms with Gasteiger partial charge in [-0.25, -0.2) is 0 Å². The fourth-order valence-electron chi connectivity index (χ4n) is 0.717.